The fraction of sp³-hybridized carbons (Fsp3) is 1.00. The first-order valence-electron chi connectivity index (χ1n) is 7.48. The van der Waals surface area contributed by atoms with Crippen molar-refractivity contribution in [3.05, 3.63) is 0 Å². The SMILES string of the molecule is CCCC1CCC(Br)C(CC2CCC(C)O2)C1. The van der Waals surface area contributed by atoms with E-state index in [1.54, 1.807) is 0 Å². The van der Waals surface area contributed by atoms with E-state index in [0.29, 0.717) is 12.2 Å². The van der Waals surface area contributed by atoms with E-state index < -0.39 is 0 Å². The largest absolute Gasteiger partial charge is 0.375 e. The highest BCUT2D eigenvalue weighted by Crippen LogP contribution is 2.40. The van der Waals surface area contributed by atoms with Gasteiger partial charge in [0.25, 0.3) is 0 Å². The van der Waals surface area contributed by atoms with Crippen LogP contribution in [-0.2, 0) is 4.74 Å². The van der Waals surface area contributed by atoms with Crippen molar-refractivity contribution < 1.29 is 4.74 Å². The maximum Gasteiger partial charge on any atom is 0.0582 e. The van der Waals surface area contributed by atoms with E-state index in [-0.39, 0.29) is 0 Å². The molecule has 0 aromatic heterocycles. The molecule has 2 aliphatic rings. The molecule has 0 aromatic carbocycles. The Balaban J connectivity index is 1.81. The van der Waals surface area contributed by atoms with Crippen molar-refractivity contribution in [1.29, 1.82) is 0 Å². The third kappa shape index (κ3) is 3.96. The van der Waals surface area contributed by atoms with Gasteiger partial charge in [0.1, 0.15) is 0 Å². The number of halogens is 1. The zero-order chi connectivity index (χ0) is 12.3. The zero-order valence-electron chi connectivity index (χ0n) is 11.3. The van der Waals surface area contributed by atoms with Gasteiger partial charge in [-0.15, -0.1) is 0 Å². The molecule has 1 nitrogen and oxygen atoms in total. The maximum atomic E-state index is 5.99. The normalized spacial score (nSPS) is 42.9. The van der Waals surface area contributed by atoms with E-state index >= 15 is 0 Å². The monoisotopic (exact) mass is 302 g/mol. The van der Waals surface area contributed by atoms with Gasteiger partial charge in [-0.25, -0.2) is 0 Å². The topological polar surface area (TPSA) is 9.23 Å². The van der Waals surface area contributed by atoms with E-state index in [2.05, 4.69) is 29.8 Å². The van der Waals surface area contributed by atoms with Gasteiger partial charge in [-0.05, 0) is 57.3 Å². The molecule has 0 N–H and O–H groups in total. The van der Waals surface area contributed by atoms with Crippen LogP contribution in [0.2, 0.25) is 0 Å². The highest BCUT2D eigenvalue weighted by molar-refractivity contribution is 9.09. The Labute approximate surface area is 115 Å². The Bertz CT molecular complexity index is 231. The molecule has 0 aromatic rings. The number of alkyl halides is 1. The fourth-order valence-corrected chi connectivity index (χ4v) is 4.33. The first-order chi connectivity index (χ1) is 8.19. The van der Waals surface area contributed by atoms with Gasteiger partial charge in [-0.3, -0.25) is 0 Å². The van der Waals surface area contributed by atoms with Crippen molar-refractivity contribution in [2.75, 3.05) is 0 Å². The second kappa shape index (κ2) is 6.56. The van der Waals surface area contributed by atoms with E-state index in [1.807, 2.05) is 0 Å². The predicted molar refractivity (Wildman–Crippen MR) is 76.6 cm³/mol. The average Bonchev–Trinajstić information content (AvgIpc) is 2.69. The van der Waals surface area contributed by atoms with Crippen molar-refractivity contribution >= 4 is 15.9 Å². The third-order valence-corrected chi connectivity index (χ3v) is 5.79. The average molecular weight is 303 g/mol. The highest BCUT2D eigenvalue weighted by atomic mass is 79.9. The molecule has 0 spiro atoms. The molecule has 0 radical (unpaired) electrons. The first-order valence-corrected chi connectivity index (χ1v) is 8.40. The van der Waals surface area contributed by atoms with E-state index in [9.17, 15) is 0 Å². The molecule has 0 amide bonds. The molecule has 2 heteroatoms. The lowest BCUT2D eigenvalue weighted by Crippen LogP contribution is -2.28. The highest BCUT2D eigenvalue weighted by Gasteiger charge is 2.32. The van der Waals surface area contributed by atoms with Crippen LogP contribution < -0.4 is 0 Å². The zero-order valence-corrected chi connectivity index (χ0v) is 12.9. The van der Waals surface area contributed by atoms with Crippen LogP contribution >= 0.6 is 15.9 Å². The first kappa shape index (κ1) is 13.9. The predicted octanol–water partition coefficient (Wildman–Crippen LogP) is 4.92. The summed E-state index contributed by atoms with van der Waals surface area (Å²) in [5.74, 6) is 1.84. The van der Waals surface area contributed by atoms with Gasteiger partial charge in [-0.1, -0.05) is 35.7 Å². The number of hydrogen-bond donors (Lipinski definition) is 0. The van der Waals surface area contributed by atoms with Crippen LogP contribution in [0.1, 0.15) is 65.2 Å². The van der Waals surface area contributed by atoms with Gasteiger partial charge in [0, 0.05) is 4.83 Å². The van der Waals surface area contributed by atoms with E-state index in [0.717, 1.165) is 16.7 Å². The summed E-state index contributed by atoms with van der Waals surface area (Å²) in [5.41, 5.74) is 0. The molecule has 1 saturated heterocycles. The lowest BCUT2D eigenvalue weighted by Gasteiger charge is -2.34. The smallest absolute Gasteiger partial charge is 0.0582 e. The quantitative estimate of drug-likeness (QED) is 0.670. The number of ether oxygens (including phenoxy) is 1. The minimum Gasteiger partial charge on any atom is -0.375 e. The van der Waals surface area contributed by atoms with Crippen molar-refractivity contribution in [3.8, 4) is 0 Å². The molecule has 2 fully saturated rings. The van der Waals surface area contributed by atoms with Crippen molar-refractivity contribution in [3.63, 3.8) is 0 Å². The molecule has 1 aliphatic carbocycles. The molecule has 1 saturated carbocycles. The van der Waals surface area contributed by atoms with E-state index in [4.69, 9.17) is 4.74 Å². The lowest BCUT2D eigenvalue weighted by atomic mass is 9.77. The Kier molecular flexibility index (Phi) is 5.35. The lowest BCUT2D eigenvalue weighted by molar-refractivity contribution is 0.0349. The molecular weight excluding hydrogens is 276 g/mol. The fourth-order valence-electron chi connectivity index (χ4n) is 3.63. The third-order valence-electron chi connectivity index (χ3n) is 4.58. The molecular formula is C15H27BrO. The van der Waals surface area contributed by atoms with Gasteiger partial charge >= 0.3 is 0 Å². The Morgan fingerprint density at radius 2 is 2.00 bits per heavy atom. The molecule has 100 valence electrons. The van der Waals surface area contributed by atoms with Gasteiger partial charge in [0.15, 0.2) is 0 Å². The molecule has 2 rings (SSSR count). The minimum absolute atomic E-state index is 0.504. The second-order valence-corrected chi connectivity index (χ2v) is 7.30. The van der Waals surface area contributed by atoms with Crippen LogP contribution in [0.25, 0.3) is 0 Å². The van der Waals surface area contributed by atoms with Crippen LogP contribution in [0.15, 0.2) is 0 Å². The number of hydrogen-bond acceptors (Lipinski definition) is 1. The molecule has 1 aliphatic heterocycles. The van der Waals surface area contributed by atoms with Crippen LogP contribution in [0.3, 0.4) is 0 Å². The van der Waals surface area contributed by atoms with Crippen LogP contribution in [0.5, 0.6) is 0 Å². The van der Waals surface area contributed by atoms with Crippen molar-refractivity contribution in [2.45, 2.75) is 82.2 Å². The summed E-state index contributed by atoms with van der Waals surface area (Å²) in [6.07, 6.45) is 11.9. The number of rotatable bonds is 4. The summed E-state index contributed by atoms with van der Waals surface area (Å²) >= 11 is 3.90. The minimum atomic E-state index is 0.504. The molecule has 0 bridgehead atoms. The summed E-state index contributed by atoms with van der Waals surface area (Å²) in [6, 6.07) is 0. The summed E-state index contributed by atoms with van der Waals surface area (Å²) in [7, 11) is 0. The van der Waals surface area contributed by atoms with Crippen molar-refractivity contribution in [2.24, 2.45) is 11.8 Å². The van der Waals surface area contributed by atoms with Gasteiger partial charge in [0.2, 0.25) is 0 Å². The Morgan fingerprint density at radius 3 is 2.65 bits per heavy atom. The standard InChI is InChI=1S/C15H27BrO/c1-3-4-12-6-8-15(16)13(9-12)10-14-7-5-11(2)17-14/h11-15H,3-10H2,1-2H3. The van der Waals surface area contributed by atoms with Gasteiger partial charge in [-0.2, -0.15) is 0 Å². The Hall–Kier alpha value is 0.440. The molecule has 5 unspecified atom stereocenters. The van der Waals surface area contributed by atoms with Crippen LogP contribution in [0.4, 0.5) is 0 Å². The van der Waals surface area contributed by atoms with Gasteiger partial charge < -0.3 is 4.74 Å². The molecule has 17 heavy (non-hydrogen) atoms. The van der Waals surface area contributed by atoms with Crippen molar-refractivity contribution in [1.82, 2.24) is 0 Å². The van der Waals surface area contributed by atoms with Gasteiger partial charge in [0.05, 0.1) is 12.2 Å². The molecule has 5 atom stereocenters. The Morgan fingerprint density at radius 1 is 1.18 bits per heavy atom. The summed E-state index contributed by atoms with van der Waals surface area (Å²) in [6.45, 7) is 4.53. The van der Waals surface area contributed by atoms with Crippen LogP contribution in [-0.4, -0.2) is 17.0 Å². The summed E-state index contributed by atoms with van der Waals surface area (Å²) in [4.78, 5) is 0.745. The summed E-state index contributed by atoms with van der Waals surface area (Å²) in [5, 5.41) is 0. The molecule has 1 heterocycles. The van der Waals surface area contributed by atoms with E-state index in [1.165, 1.54) is 51.4 Å². The maximum absolute atomic E-state index is 5.99. The summed E-state index contributed by atoms with van der Waals surface area (Å²) < 4.78 is 5.99. The van der Waals surface area contributed by atoms with Crippen LogP contribution in [0, 0.1) is 11.8 Å². The second-order valence-electron chi connectivity index (χ2n) is 6.13.